The van der Waals surface area contributed by atoms with Crippen LogP contribution in [0.2, 0.25) is 0 Å². The van der Waals surface area contributed by atoms with Crippen LogP contribution in [0.1, 0.15) is 30.2 Å². The third kappa shape index (κ3) is 4.69. The van der Waals surface area contributed by atoms with E-state index in [0.717, 1.165) is 23.6 Å². The van der Waals surface area contributed by atoms with Crippen LogP contribution in [0.25, 0.3) is 0 Å². The van der Waals surface area contributed by atoms with Crippen molar-refractivity contribution in [1.82, 2.24) is 24.8 Å². The molecule has 3 rings (SSSR count). The van der Waals surface area contributed by atoms with Crippen LogP contribution in [0.4, 0.5) is 5.82 Å². The molecule has 8 heteroatoms. The summed E-state index contributed by atoms with van der Waals surface area (Å²) < 4.78 is 5.80. The van der Waals surface area contributed by atoms with Gasteiger partial charge in [0.25, 0.3) is 0 Å². The zero-order valence-corrected chi connectivity index (χ0v) is 14.5. The third-order valence-corrected chi connectivity index (χ3v) is 4.00. The minimum absolute atomic E-state index is 0.0568. The summed E-state index contributed by atoms with van der Waals surface area (Å²) in [6.45, 7) is 5.78. The van der Waals surface area contributed by atoms with Gasteiger partial charge in [-0.05, 0) is 6.92 Å². The highest BCUT2D eigenvalue weighted by Crippen LogP contribution is 2.22. The van der Waals surface area contributed by atoms with E-state index in [9.17, 15) is 4.79 Å². The summed E-state index contributed by atoms with van der Waals surface area (Å²) in [6, 6.07) is 1.89. The van der Waals surface area contributed by atoms with E-state index in [-0.39, 0.29) is 12.0 Å². The van der Waals surface area contributed by atoms with E-state index in [1.807, 2.05) is 13.0 Å². The molecule has 0 radical (unpaired) electrons. The topological polar surface area (TPSA) is 93.1 Å². The van der Waals surface area contributed by atoms with E-state index in [0.29, 0.717) is 32.1 Å². The number of carbonyl (C=O) groups excluding carboxylic acids is 1. The van der Waals surface area contributed by atoms with Gasteiger partial charge in [-0.1, -0.05) is 0 Å². The lowest BCUT2D eigenvalue weighted by Gasteiger charge is -2.32. The molecule has 8 nitrogen and oxygen atoms in total. The average Bonchev–Trinajstić information content (AvgIpc) is 2.62. The number of morpholine rings is 1. The summed E-state index contributed by atoms with van der Waals surface area (Å²) in [6.07, 6.45) is 5.63. The Labute approximate surface area is 146 Å². The summed E-state index contributed by atoms with van der Waals surface area (Å²) in [4.78, 5) is 30.6. The van der Waals surface area contributed by atoms with Crippen molar-refractivity contribution in [1.29, 1.82) is 0 Å². The Kier molecular flexibility index (Phi) is 5.49. The maximum absolute atomic E-state index is 11.6. The molecule has 1 aliphatic heterocycles. The van der Waals surface area contributed by atoms with Crippen LogP contribution in [0.15, 0.2) is 24.7 Å². The SMILES string of the molecule is CC(=O)N1CCOC(c2cc(NCCc3cnccn3)nc(C)n2)C1. The first-order valence-electron chi connectivity index (χ1n) is 8.33. The standard InChI is InChI=1S/C17H22N6O2/c1-12-21-15(16-11-23(13(2)24)7-8-25-16)9-17(22-12)20-4-3-14-10-18-5-6-19-14/h5-6,9-10,16H,3-4,7-8,11H2,1-2H3,(H,20,21,22). The molecule has 0 spiro atoms. The van der Waals surface area contributed by atoms with E-state index in [2.05, 4.69) is 25.3 Å². The van der Waals surface area contributed by atoms with Crippen molar-refractivity contribution in [3.8, 4) is 0 Å². The maximum Gasteiger partial charge on any atom is 0.219 e. The van der Waals surface area contributed by atoms with Crippen LogP contribution >= 0.6 is 0 Å². The van der Waals surface area contributed by atoms with Gasteiger partial charge in [0.1, 0.15) is 17.7 Å². The average molecular weight is 342 g/mol. The van der Waals surface area contributed by atoms with Gasteiger partial charge in [0, 0.05) is 51.1 Å². The van der Waals surface area contributed by atoms with Gasteiger partial charge >= 0.3 is 0 Å². The van der Waals surface area contributed by atoms with E-state index in [1.165, 1.54) is 0 Å². The number of aromatic nitrogens is 4. The van der Waals surface area contributed by atoms with Gasteiger partial charge in [0.2, 0.25) is 5.91 Å². The number of anilines is 1. The van der Waals surface area contributed by atoms with Gasteiger partial charge in [-0.25, -0.2) is 9.97 Å². The molecule has 1 unspecified atom stereocenters. The van der Waals surface area contributed by atoms with Gasteiger partial charge in [0.05, 0.1) is 24.5 Å². The summed E-state index contributed by atoms with van der Waals surface area (Å²) in [7, 11) is 0. The van der Waals surface area contributed by atoms with Gasteiger partial charge in [0.15, 0.2) is 0 Å². The van der Waals surface area contributed by atoms with Crippen LogP contribution in [-0.4, -0.2) is 57.0 Å². The number of carbonyl (C=O) groups is 1. The first-order valence-corrected chi connectivity index (χ1v) is 8.33. The number of rotatable bonds is 5. The molecule has 1 aliphatic rings. The van der Waals surface area contributed by atoms with Crippen molar-refractivity contribution in [3.63, 3.8) is 0 Å². The molecule has 2 aromatic rings. The molecule has 1 fully saturated rings. The minimum atomic E-state index is -0.222. The number of ether oxygens (including phenoxy) is 1. The zero-order valence-electron chi connectivity index (χ0n) is 14.5. The Morgan fingerprint density at radius 2 is 2.28 bits per heavy atom. The molecule has 132 valence electrons. The van der Waals surface area contributed by atoms with Crippen molar-refractivity contribution in [2.45, 2.75) is 26.4 Å². The first-order chi connectivity index (χ1) is 12.1. The second-order valence-corrected chi connectivity index (χ2v) is 5.92. The molecule has 0 bridgehead atoms. The maximum atomic E-state index is 11.6. The molecule has 2 aromatic heterocycles. The number of hydrogen-bond donors (Lipinski definition) is 1. The minimum Gasteiger partial charge on any atom is -0.370 e. The first kappa shape index (κ1) is 17.2. The molecule has 3 heterocycles. The summed E-state index contributed by atoms with van der Waals surface area (Å²) in [5.74, 6) is 1.47. The fourth-order valence-electron chi connectivity index (χ4n) is 2.74. The van der Waals surface area contributed by atoms with Gasteiger partial charge in [-0.3, -0.25) is 14.8 Å². The number of nitrogens with one attached hydrogen (secondary N) is 1. The van der Waals surface area contributed by atoms with E-state index in [1.54, 1.807) is 30.4 Å². The molecule has 0 saturated carbocycles. The fraction of sp³-hybridized carbons (Fsp3) is 0.471. The van der Waals surface area contributed by atoms with Crippen LogP contribution in [0.5, 0.6) is 0 Å². The van der Waals surface area contributed by atoms with Gasteiger partial charge in [-0.2, -0.15) is 0 Å². The normalized spacial score (nSPS) is 17.4. The van der Waals surface area contributed by atoms with Crippen LogP contribution in [-0.2, 0) is 16.0 Å². The lowest BCUT2D eigenvalue weighted by atomic mass is 10.2. The van der Waals surface area contributed by atoms with E-state index >= 15 is 0 Å². The summed E-state index contributed by atoms with van der Waals surface area (Å²) in [5.41, 5.74) is 1.72. The highest BCUT2D eigenvalue weighted by molar-refractivity contribution is 5.73. The molecule has 1 atom stereocenters. The van der Waals surface area contributed by atoms with Crippen molar-refractivity contribution in [2.75, 3.05) is 31.6 Å². The van der Waals surface area contributed by atoms with Crippen LogP contribution < -0.4 is 5.32 Å². The van der Waals surface area contributed by atoms with Crippen molar-refractivity contribution in [2.24, 2.45) is 0 Å². The Balaban J connectivity index is 1.64. The highest BCUT2D eigenvalue weighted by atomic mass is 16.5. The predicted molar refractivity (Wildman–Crippen MR) is 91.9 cm³/mol. The lowest BCUT2D eigenvalue weighted by Crippen LogP contribution is -2.41. The quantitative estimate of drug-likeness (QED) is 0.871. The Bertz CT molecular complexity index is 724. The van der Waals surface area contributed by atoms with E-state index < -0.39 is 0 Å². The zero-order chi connectivity index (χ0) is 17.6. The molecule has 25 heavy (non-hydrogen) atoms. The molecule has 1 N–H and O–H groups in total. The summed E-state index contributed by atoms with van der Waals surface area (Å²) >= 11 is 0. The van der Waals surface area contributed by atoms with Crippen LogP contribution in [0.3, 0.4) is 0 Å². The van der Waals surface area contributed by atoms with Crippen molar-refractivity contribution in [3.05, 3.63) is 41.9 Å². The van der Waals surface area contributed by atoms with Crippen LogP contribution in [0, 0.1) is 6.92 Å². The number of aryl methyl sites for hydroxylation is 1. The molecule has 1 saturated heterocycles. The molecule has 1 amide bonds. The highest BCUT2D eigenvalue weighted by Gasteiger charge is 2.25. The molecular weight excluding hydrogens is 320 g/mol. The Morgan fingerprint density at radius 3 is 3.04 bits per heavy atom. The Morgan fingerprint density at radius 1 is 1.40 bits per heavy atom. The smallest absolute Gasteiger partial charge is 0.219 e. The lowest BCUT2D eigenvalue weighted by molar-refractivity contribution is -0.136. The van der Waals surface area contributed by atoms with Gasteiger partial charge in [-0.15, -0.1) is 0 Å². The predicted octanol–water partition coefficient (Wildman–Crippen LogP) is 1.15. The second kappa shape index (κ2) is 7.98. The van der Waals surface area contributed by atoms with Gasteiger partial charge < -0.3 is 15.0 Å². The number of amides is 1. The largest absolute Gasteiger partial charge is 0.370 e. The number of hydrogen-bond acceptors (Lipinski definition) is 7. The van der Waals surface area contributed by atoms with Crippen molar-refractivity contribution >= 4 is 11.7 Å². The third-order valence-electron chi connectivity index (χ3n) is 4.00. The summed E-state index contributed by atoms with van der Waals surface area (Å²) in [5, 5.41) is 3.29. The Hall–Kier alpha value is -2.61. The fourth-order valence-corrected chi connectivity index (χ4v) is 2.74. The molecule has 0 aromatic carbocycles. The number of nitrogens with zero attached hydrogens (tertiary/aromatic N) is 5. The molecule has 0 aliphatic carbocycles. The van der Waals surface area contributed by atoms with Crippen molar-refractivity contribution < 1.29 is 9.53 Å². The second-order valence-electron chi connectivity index (χ2n) is 5.92. The molecular formula is C17H22N6O2. The monoisotopic (exact) mass is 342 g/mol. The van der Waals surface area contributed by atoms with E-state index in [4.69, 9.17) is 4.74 Å².